The van der Waals surface area contributed by atoms with Gasteiger partial charge in [-0.15, -0.1) is 0 Å². The summed E-state index contributed by atoms with van der Waals surface area (Å²) in [5.74, 6) is -1.08. The molecule has 1 aliphatic heterocycles. The number of piperidine rings is 1. The Morgan fingerprint density at radius 3 is 2.86 bits per heavy atom. The molecule has 2 aromatic rings. The first-order chi connectivity index (χ1) is 13.6. The van der Waals surface area contributed by atoms with Crippen LogP contribution in [0.4, 0.5) is 10.2 Å². The van der Waals surface area contributed by atoms with E-state index < -0.39 is 17.3 Å². The number of pyridine rings is 1. The number of aliphatic hydroxyl groups is 1. The average Bonchev–Trinajstić information content (AvgIpc) is 2.62. The molecular formula is C19H26ClFN6O2. The van der Waals surface area contributed by atoms with Gasteiger partial charge in [0.1, 0.15) is 11.3 Å². The van der Waals surface area contributed by atoms with Crippen LogP contribution in [-0.4, -0.2) is 76.2 Å². The predicted octanol–water partition coefficient (Wildman–Crippen LogP) is 1.85. The van der Waals surface area contributed by atoms with Crippen LogP contribution in [0.25, 0.3) is 10.9 Å². The summed E-state index contributed by atoms with van der Waals surface area (Å²) in [4.78, 5) is 28.9. The van der Waals surface area contributed by atoms with Crippen molar-refractivity contribution in [3.05, 3.63) is 23.0 Å². The van der Waals surface area contributed by atoms with Gasteiger partial charge in [-0.2, -0.15) is 0 Å². The van der Waals surface area contributed by atoms with Crippen LogP contribution in [0, 0.1) is 5.82 Å². The molecule has 0 radical (unpaired) electrons. The normalized spacial score (nSPS) is 20.9. The van der Waals surface area contributed by atoms with Gasteiger partial charge in [0.25, 0.3) is 5.91 Å². The molecular weight excluding hydrogens is 399 g/mol. The lowest BCUT2D eigenvalue weighted by molar-refractivity contribution is 0.0448. The third-order valence-corrected chi connectivity index (χ3v) is 5.08. The highest BCUT2D eigenvalue weighted by Crippen LogP contribution is 2.31. The number of carbonyl (C=O) groups is 1. The molecule has 0 aliphatic carbocycles. The highest BCUT2D eigenvalue weighted by atomic mass is 35.5. The van der Waals surface area contributed by atoms with E-state index in [9.17, 15) is 14.3 Å². The summed E-state index contributed by atoms with van der Waals surface area (Å²) < 4.78 is 14.7. The van der Waals surface area contributed by atoms with Crippen molar-refractivity contribution >= 4 is 34.2 Å². The highest BCUT2D eigenvalue weighted by molar-refractivity contribution is 6.30. The van der Waals surface area contributed by atoms with Gasteiger partial charge in [0.05, 0.1) is 11.0 Å². The first-order valence-electron chi connectivity index (χ1n) is 9.52. The van der Waals surface area contributed by atoms with Crippen molar-refractivity contribution in [2.24, 2.45) is 0 Å². The molecule has 3 rings (SSSR count). The quantitative estimate of drug-likeness (QED) is 0.707. The maximum atomic E-state index is 14.7. The predicted molar refractivity (Wildman–Crippen MR) is 110 cm³/mol. The fraction of sp³-hybridized carbons (Fsp3) is 0.579. The molecule has 1 saturated heterocycles. The Hall–Kier alpha value is -2.10. The monoisotopic (exact) mass is 424 g/mol. The molecule has 29 heavy (non-hydrogen) atoms. The van der Waals surface area contributed by atoms with Gasteiger partial charge in [0.15, 0.2) is 11.0 Å². The van der Waals surface area contributed by atoms with E-state index in [2.05, 4.69) is 20.3 Å². The molecule has 3 heterocycles. The number of aromatic nitrogens is 3. The lowest BCUT2D eigenvalue weighted by Crippen LogP contribution is -2.47. The first kappa shape index (κ1) is 21.6. The minimum Gasteiger partial charge on any atom is -0.388 e. The van der Waals surface area contributed by atoms with E-state index in [0.29, 0.717) is 37.3 Å². The van der Waals surface area contributed by atoms with E-state index in [0.717, 1.165) is 6.42 Å². The Bertz CT molecular complexity index is 923. The van der Waals surface area contributed by atoms with E-state index in [1.54, 1.807) is 6.92 Å². The average molecular weight is 425 g/mol. The highest BCUT2D eigenvalue weighted by Gasteiger charge is 2.31. The van der Waals surface area contributed by atoms with E-state index in [1.807, 2.05) is 30.8 Å². The number of amides is 1. The lowest BCUT2D eigenvalue weighted by Gasteiger charge is -2.37. The Morgan fingerprint density at radius 1 is 1.48 bits per heavy atom. The van der Waals surface area contributed by atoms with Crippen molar-refractivity contribution in [2.75, 3.05) is 38.6 Å². The van der Waals surface area contributed by atoms with Crippen molar-refractivity contribution in [1.82, 2.24) is 25.2 Å². The number of β-amino-alcohol motifs (C(OH)–C–C–N with tert-alkyl or cyclic N) is 1. The van der Waals surface area contributed by atoms with Crippen molar-refractivity contribution in [3.63, 3.8) is 0 Å². The zero-order valence-electron chi connectivity index (χ0n) is 17.0. The SMILES string of the molecule is CC(CN(C)C)NC(=O)c1nc(N2CCC[C@@](C)(O)C2)c2cnc(Cl)c(F)c2n1. The summed E-state index contributed by atoms with van der Waals surface area (Å²) in [7, 11) is 3.81. The van der Waals surface area contributed by atoms with Gasteiger partial charge in [-0.1, -0.05) is 11.6 Å². The van der Waals surface area contributed by atoms with Crippen LogP contribution in [0.2, 0.25) is 5.15 Å². The lowest BCUT2D eigenvalue weighted by atomic mass is 9.95. The van der Waals surface area contributed by atoms with E-state index >= 15 is 0 Å². The second-order valence-electron chi connectivity index (χ2n) is 8.15. The van der Waals surface area contributed by atoms with E-state index in [-0.39, 0.29) is 22.5 Å². The molecule has 2 atom stereocenters. The molecule has 10 heteroatoms. The molecule has 1 aliphatic rings. The summed E-state index contributed by atoms with van der Waals surface area (Å²) >= 11 is 5.84. The molecule has 0 spiro atoms. The first-order valence-corrected chi connectivity index (χ1v) is 9.90. The number of carbonyl (C=O) groups excluding carboxylic acids is 1. The molecule has 1 unspecified atom stereocenters. The van der Waals surface area contributed by atoms with Gasteiger partial charge in [-0.25, -0.2) is 19.3 Å². The van der Waals surface area contributed by atoms with Crippen molar-refractivity contribution < 1.29 is 14.3 Å². The number of rotatable bonds is 5. The van der Waals surface area contributed by atoms with Crippen LogP contribution in [-0.2, 0) is 0 Å². The molecule has 158 valence electrons. The van der Waals surface area contributed by atoms with Gasteiger partial charge in [-0.3, -0.25) is 4.79 Å². The van der Waals surface area contributed by atoms with Gasteiger partial charge in [-0.05, 0) is 40.8 Å². The van der Waals surface area contributed by atoms with Crippen LogP contribution in [0.15, 0.2) is 6.20 Å². The van der Waals surface area contributed by atoms with Crippen LogP contribution in [0.3, 0.4) is 0 Å². The smallest absolute Gasteiger partial charge is 0.289 e. The molecule has 0 saturated carbocycles. The van der Waals surface area contributed by atoms with Gasteiger partial charge < -0.3 is 20.2 Å². The number of nitrogens with zero attached hydrogens (tertiary/aromatic N) is 5. The fourth-order valence-electron chi connectivity index (χ4n) is 3.64. The summed E-state index contributed by atoms with van der Waals surface area (Å²) in [5.41, 5.74) is -0.970. The molecule has 1 amide bonds. The van der Waals surface area contributed by atoms with E-state index in [4.69, 9.17) is 11.6 Å². The topological polar surface area (TPSA) is 94.5 Å². The summed E-state index contributed by atoms with van der Waals surface area (Å²) in [6.07, 6.45) is 2.79. The van der Waals surface area contributed by atoms with Crippen LogP contribution in [0.5, 0.6) is 0 Å². The summed E-state index contributed by atoms with van der Waals surface area (Å²) in [5, 5.41) is 13.3. The Labute approximate surface area is 174 Å². The van der Waals surface area contributed by atoms with E-state index in [1.165, 1.54) is 6.20 Å². The maximum Gasteiger partial charge on any atom is 0.289 e. The van der Waals surface area contributed by atoms with Crippen molar-refractivity contribution in [3.8, 4) is 0 Å². The number of anilines is 1. The van der Waals surface area contributed by atoms with Crippen LogP contribution < -0.4 is 10.2 Å². The number of likely N-dealkylation sites (N-methyl/N-ethyl adjacent to an activating group) is 1. The number of fused-ring (bicyclic) bond motifs is 1. The van der Waals surface area contributed by atoms with Crippen LogP contribution in [0.1, 0.15) is 37.3 Å². The molecule has 0 bridgehead atoms. The number of hydrogen-bond acceptors (Lipinski definition) is 7. The second-order valence-corrected chi connectivity index (χ2v) is 8.51. The van der Waals surface area contributed by atoms with Gasteiger partial charge in [0, 0.05) is 31.9 Å². The molecule has 1 fully saturated rings. The maximum absolute atomic E-state index is 14.7. The molecule has 8 nitrogen and oxygen atoms in total. The number of halogens is 2. The third kappa shape index (κ3) is 4.91. The number of nitrogens with one attached hydrogen (secondary N) is 1. The number of hydrogen-bond donors (Lipinski definition) is 2. The van der Waals surface area contributed by atoms with Gasteiger partial charge in [0.2, 0.25) is 5.82 Å². The molecule has 2 aromatic heterocycles. The second kappa shape index (κ2) is 8.33. The van der Waals surface area contributed by atoms with Crippen molar-refractivity contribution in [2.45, 2.75) is 38.3 Å². The largest absolute Gasteiger partial charge is 0.388 e. The minimum absolute atomic E-state index is 0.0642. The zero-order chi connectivity index (χ0) is 21.3. The summed E-state index contributed by atoms with van der Waals surface area (Å²) in [6, 6.07) is -0.151. The third-order valence-electron chi connectivity index (χ3n) is 4.82. The molecule has 2 N–H and O–H groups in total. The standard InChI is InChI=1S/C19H26ClFN6O2/c1-11(9-26(3)4)23-18(28)16-24-14-12(8-22-15(20)13(14)21)17(25-16)27-7-5-6-19(2,29)10-27/h8,11,29H,5-7,9-10H2,1-4H3,(H,23,28)/t11?,19-/m1/s1. The van der Waals surface area contributed by atoms with Gasteiger partial charge >= 0.3 is 0 Å². The molecule has 0 aromatic carbocycles. The Balaban J connectivity index is 2.05. The minimum atomic E-state index is -0.906. The van der Waals surface area contributed by atoms with Crippen molar-refractivity contribution in [1.29, 1.82) is 0 Å². The fourth-order valence-corrected chi connectivity index (χ4v) is 3.78. The summed E-state index contributed by atoms with van der Waals surface area (Å²) in [6.45, 7) is 5.16. The Morgan fingerprint density at radius 2 is 2.21 bits per heavy atom. The van der Waals surface area contributed by atoms with Crippen LogP contribution >= 0.6 is 11.6 Å². The Kier molecular flexibility index (Phi) is 6.21. The zero-order valence-corrected chi connectivity index (χ0v) is 17.8.